The van der Waals surface area contributed by atoms with Crippen LogP contribution < -0.4 is 0 Å². The Hall–Kier alpha value is -0.530. The maximum absolute atomic E-state index is 5.99. The zero-order chi connectivity index (χ0) is 11.5. The lowest BCUT2D eigenvalue weighted by Crippen LogP contribution is -2.58. The first-order valence-corrected chi connectivity index (χ1v) is 6.61. The average molecular weight is 238 g/mol. The van der Waals surface area contributed by atoms with Gasteiger partial charge in [-0.05, 0) is 17.9 Å². The van der Waals surface area contributed by atoms with Crippen molar-refractivity contribution in [3.05, 3.63) is 35.9 Å². The third-order valence-electron chi connectivity index (χ3n) is 3.56. The quantitative estimate of drug-likeness (QED) is 0.725. The normalized spacial score (nSPS) is 25.8. The third kappa shape index (κ3) is 2.41. The van der Waals surface area contributed by atoms with E-state index in [1.807, 2.05) is 0 Å². The Labute approximate surface area is 103 Å². The minimum Gasteiger partial charge on any atom is -0.292 e. The van der Waals surface area contributed by atoms with Gasteiger partial charge in [-0.25, -0.2) is 0 Å². The predicted molar refractivity (Wildman–Crippen MR) is 69.7 cm³/mol. The molecule has 1 fully saturated rings. The molecule has 0 N–H and O–H groups in total. The van der Waals surface area contributed by atoms with E-state index in [9.17, 15) is 0 Å². The van der Waals surface area contributed by atoms with E-state index in [-0.39, 0.29) is 0 Å². The minimum absolute atomic E-state index is 0.578. The monoisotopic (exact) mass is 237 g/mol. The maximum atomic E-state index is 5.99. The molecule has 2 heteroatoms. The van der Waals surface area contributed by atoms with Crippen molar-refractivity contribution < 1.29 is 0 Å². The molecule has 0 bridgehead atoms. The standard InChI is InChI=1S/C14H20ClN/c1-11(2)14-8-13(9-15)16(14)10-12-6-4-3-5-7-12/h3-7,11,13-14H,8-10H2,1-2H3/t13-,14+/m0/s1. The molecule has 0 amide bonds. The molecule has 1 aromatic rings. The summed E-state index contributed by atoms with van der Waals surface area (Å²) in [4.78, 5) is 2.55. The second-order valence-electron chi connectivity index (χ2n) is 5.01. The summed E-state index contributed by atoms with van der Waals surface area (Å²) in [6, 6.07) is 12.0. The first kappa shape index (κ1) is 11.9. The Morgan fingerprint density at radius 3 is 2.56 bits per heavy atom. The fourth-order valence-electron chi connectivity index (χ4n) is 2.53. The second kappa shape index (κ2) is 5.20. The van der Waals surface area contributed by atoms with Crippen LogP contribution in [-0.2, 0) is 6.54 Å². The van der Waals surface area contributed by atoms with Crippen molar-refractivity contribution in [3.8, 4) is 0 Å². The first-order valence-electron chi connectivity index (χ1n) is 6.08. The summed E-state index contributed by atoms with van der Waals surface area (Å²) in [5, 5.41) is 0. The Morgan fingerprint density at radius 1 is 1.31 bits per heavy atom. The summed E-state index contributed by atoms with van der Waals surface area (Å²) in [5.74, 6) is 1.49. The highest BCUT2D eigenvalue weighted by Gasteiger charge is 2.38. The molecule has 0 aromatic heterocycles. The van der Waals surface area contributed by atoms with Crippen LogP contribution in [0.3, 0.4) is 0 Å². The van der Waals surface area contributed by atoms with Crippen molar-refractivity contribution >= 4 is 11.6 Å². The summed E-state index contributed by atoms with van der Waals surface area (Å²) in [6.07, 6.45) is 1.26. The second-order valence-corrected chi connectivity index (χ2v) is 5.32. The van der Waals surface area contributed by atoms with Crippen LogP contribution >= 0.6 is 11.6 Å². The van der Waals surface area contributed by atoms with Crippen LogP contribution in [-0.4, -0.2) is 22.9 Å². The fourth-order valence-corrected chi connectivity index (χ4v) is 2.83. The molecule has 0 saturated carbocycles. The molecule has 0 aliphatic carbocycles. The lowest BCUT2D eigenvalue weighted by Gasteiger charge is -2.50. The Morgan fingerprint density at radius 2 is 2.00 bits per heavy atom. The molecule has 16 heavy (non-hydrogen) atoms. The molecule has 0 radical (unpaired) electrons. The molecule has 2 rings (SSSR count). The lowest BCUT2D eigenvalue weighted by atomic mass is 9.85. The van der Waals surface area contributed by atoms with Gasteiger partial charge in [-0.3, -0.25) is 4.90 Å². The molecule has 1 nitrogen and oxygen atoms in total. The number of halogens is 1. The largest absolute Gasteiger partial charge is 0.292 e. The average Bonchev–Trinajstić information content (AvgIpc) is 2.26. The van der Waals surface area contributed by atoms with Crippen molar-refractivity contribution in [1.29, 1.82) is 0 Å². The molecule has 1 aliphatic rings. The summed E-state index contributed by atoms with van der Waals surface area (Å²) >= 11 is 5.99. The molecule has 88 valence electrons. The zero-order valence-corrected chi connectivity index (χ0v) is 10.8. The van der Waals surface area contributed by atoms with Crippen molar-refractivity contribution in [1.82, 2.24) is 4.90 Å². The van der Waals surface area contributed by atoms with E-state index in [0.717, 1.165) is 18.3 Å². The van der Waals surface area contributed by atoms with Crippen LogP contribution in [0.1, 0.15) is 25.8 Å². The molecule has 1 saturated heterocycles. The highest BCUT2D eigenvalue weighted by atomic mass is 35.5. The van der Waals surface area contributed by atoms with Crippen LogP contribution in [0.4, 0.5) is 0 Å². The van der Waals surface area contributed by atoms with Gasteiger partial charge in [0.05, 0.1) is 0 Å². The van der Waals surface area contributed by atoms with Crippen LogP contribution in [0.2, 0.25) is 0 Å². The van der Waals surface area contributed by atoms with Gasteiger partial charge in [-0.1, -0.05) is 44.2 Å². The fraction of sp³-hybridized carbons (Fsp3) is 0.571. The lowest BCUT2D eigenvalue weighted by molar-refractivity contribution is -0.00742. The van der Waals surface area contributed by atoms with E-state index in [1.165, 1.54) is 12.0 Å². The molecule has 0 spiro atoms. The topological polar surface area (TPSA) is 3.24 Å². The van der Waals surface area contributed by atoms with Gasteiger partial charge in [-0.15, -0.1) is 11.6 Å². The Kier molecular flexibility index (Phi) is 3.88. The highest BCUT2D eigenvalue weighted by molar-refractivity contribution is 6.18. The Bertz CT molecular complexity index is 323. The van der Waals surface area contributed by atoms with Gasteiger partial charge in [0, 0.05) is 24.5 Å². The number of hydrogen-bond acceptors (Lipinski definition) is 1. The first-order chi connectivity index (χ1) is 7.72. The van der Waals surface area contributed by atoms with Gasteiger partial charge >= 0.3 is 0 Å². The van der Waals surface area contributed by atoms with E-state index >= 15 is 0 Å². The number of rotatable bonds is 4. The maximum Gasteiger partial charge on any atom is 0.0380 e. The van der Waals surface area contributed by atoms with Gasteiger partial charge in [0.15, 0.2) is 0 Å². The molecule has 0 unspecified atom stereocenters. The molecule has 1 aliphatic heterocycles. The molecule has 2 atom stereocenters. The number of alkyl halides is 1. The summed E-state index contributed by atoms with van der Waals surface area (Å²) in [6.45, 7) is 5.64. The molecule has 1 aromatic carbocycles. The van der Waals surface area contributed by atoms with Crippen molar-refractivity contribution in [2.75, 3.05) is 5.88 Å². The number of nitrogens with zero attached hydrogens (tertiary/aromatic N) is 1. The van der Waals surface area contributed by atoms with Gasteiger partial charge in [0.25, 0.3) is 0 Å². The van der Waals surface area contributed by atoms with Crippen molar-refractivity contribution in [2.45, 2.75) is 38.9 Å². The van der Waals surface area contributed by atoms with Crippen molar-refractivity contribution in [3.63, 3.8) is 0 Å². The van der Waals surface area contributed by atoms with Gasteiger partial charge in [-0.2, -0.15) is 0 Å². The van der Waals surface area contributed by atoms with Crippen LogP contribution in [0.5, 0.6) is 0 Å². The van der Waals surface area contributed by atoms with E-state index < -0.39 is 0 Å². The van der Waals surface area contributed by atoms with Gasteiger partial charge < -0.3 is 0 Å². The summed E-state index contributed by atoms with van der Waals surface area (Å²) in [5.41, 5.74) is 1.39. The van der Waals surface area contributed by atoms with Crippen molar-refractivity contribution in [2.24, 2.45) is 5.92 Å². The van der Waals surface area contributed by atoms with Gasteiger partial charge in [0.2, 0.25) is 0 Å². The van der Waals surface area contributed by atoms with E-state index in [1.54, 1.807) is 0 Å². The molecule has 1 heterocycles. The van der Waals surface area contributed by atoms with Gasteiger partial charge in [0.1, 0.15) is 0 Å². The van der Waals surface area contributed by atoms with E-state index in [2.05, 4.69) is 49.1 Å². The zero-order valence-electron chi connectivity index (χ0n) is 10.1. The highest BCUT2D eigenvalue weighted by Crippen LogP contribution is 2.33. The molecular weight excluding hydrogens is 218 g/mol. The summed E-state index contributed by atoms with van der Waals surface area (Å²) < 4.78 is 0. The predicted octanol–water partition coefficient (Wildman–Crippen LogP) is 3.52. The van der Waals surface area contributed by atoms with Crippen LogP contribution in [0, 0.1) is 5.92 Å². The number of likely N-dealkylation sites (tertiary alicyclic amines) is 1. The SMILES string of the molecule is CC(C)[C@H]1C[C@@H](CCl)N1Cc1ccccc1. The summed E-state index contributed by atoms with van der Waals surface area (Å²) in [7, 11) is 0. The Balaban J connectivity index is 2.01. The van der Waals surface area contributed by atoms with E-state index in [4.69, 9.17) is 11.6 Å². The third-order valence-corrected chi connectivity index (χ3v) is 3.92. The van der Waals surface area contributed by atoms with E-state index in [0.29, 0.717) is 12.1 Å². The minimum atomic E-state index is 0.578. The van der Waals surface area contributed by atoms with Crippen LogP contribution in [0.15, 0.2) is 30.3 Å². The van der Waals surface area contributed by atoms with Crippen LogP contribution in [0.25, 0.3) is 0 Å². The number of hydrogen-bond donors (Lipinski definition) is 0. The number of benzene rings is 1. The molecular formula is C14H20ClN. The smallest absolute Gasteiger partial charge is 0.0380 e.